The van der Waals surface area contributed by atoms with E-state index < -0.39 is 0 Å². The van der Waals surface area contributed by atoms with Crippen molar-refractivity contribution in [2.45, 2.75) is 0 Å². The van der Waals surface area contributed by atoms with Crippen LogP contribution in [0, 0.1) is 11.3 Å². The van der Waals surface area contributed by atoms with E-state index in [-0.39, 0.29) is 5.69 Å². The third-order valence-electron chi connectivity index (χ3n) is 1.93. The molecule has 1 heterocycles. The van der Waals surface area contributed by atoms with Crippen molar-refractivity contribution in [2.24, 2.45) is 0 Å². The molecule has 0 aliphatic carbocycles. The van der Waals surface area contributed by atoms with Crippen LogP contribution in [0.3, 0.4) is 0 Å². The average molecular weight is 185 g/mol. The molecule has 68 valence electrons. The molecule has 0 saturated heterocycles. The molecule has 0 saturated carbocycles. The van der Waals surface area contributed by atoms with E-state index in [1.165, 1.54) is 10.8 Å². The fourth-order valence-corrected chi connectivity index (χ4v) is 1.29. The van der Waals surface area contributed by atoms with E-state index in [2.05, 4.69) is 4.98 Å². The Balaban J connectivity index is 2.70. The molecule has 0 unspecified atom stereocenters. The summed E-state index contributed by atoms with van der Waals surface area (Å²) in [6, 6.07) is 8.99. The first kappa shape index (κ1) is 8.32. The Morgan fingerprint density at radius 2 is 2.14 bits per heavy atom. The monoisotopic (exact) mass is 185 g/mol. The Labute approximate surface area is 80.0 Å². The van der Waals surface area contributed by atoms with Gasteiger partial charge < -0.3 is 4.98 Å². The van der Waals surface area contributed by atoms with E-state index in [1.54, 1.807) is 30.5 Å². The van der Waals surface area contributed by atoms with Crippen molar-refractivity contribution in [1.82, 2.24) is 9.55 Å². The van der Waals surface area contributed by atoms with E-state index in [4.69, 9.17) is 5.26 Å². The number of H-pyrrole nitrogens is 1. The van der Waals surface area contributed by atoms with Crippen LogP contribution in [0.5, 0.6) is 0 Å². The Bertz CT molecular complexity index is 545. The summed E-state index contributed by atoms with van der Waals surface area (Å²) in [5.41, 5.74) is 0.836. The van der Waals surface area contributed by atoms with Gasteiger partial charge in [-0.3, -0.25) is 4.57 Å². The van der Waals surface area contributed by atoms with Crippen molar-refractivity contribution in [3.63, 3.8) is 0 Å². The Kier molecular flexibility index (Phi) is 1.92. The molecule has 0 amide bonds. The number of hydrogen-bond acceptors (Lipinski definition) is 2. The molecule has 0 radical (unpaired) electrons. The van der Waals surface area contributed by atoms with Gasteiger partial charge in [-0.1, -0.05) is 12.1 Å². The van der Waals surface area contributed by atoms with E-state index >= 15 is 0 Å². The number of nitriles is 1. The van der Waals surface area contributed by atoms with Crippen LogP contribution in [0.25, 0.3) is 5.69 Å². The maximum atomic E-state index is 11.3. The Morgan fingerprint density at radius 1 is 1.36 bits per heavy atom. The highest BCUT2D eigenvalue weighted by Gasteiger charge is 2.04. The highest BCUT2D eigenvalue weighted by Crippen LogP contribution is 2.10. The molecule has 0 spiro atoms. The van der Waals surface area contributed by atoms with Gasteiger partial charge in [0.2, 0.25) is 0 Å². The number of benzene rings is 1. The van der Waals surface area contributed by atoms with Gasteiger partial charge in [0.05, 0.1) is 11.3 Å². The molecular weight excluding hydrogens is 178 g/mol. The van der Waals surface area contributed by atoms with E-state index in [9.17, 15) is 4.79 Å². The van der Waals surface area contributed by atoms with Crippen LogP contribution >= 0.6 is 0 Å². The number of aromatic amines is 1. The first-order chi connectivity index (χ1) is 6.83. The molecule has 0 aliphatic rings. The summed E-state index contributed by atoms with van der Waals surface area (Å²) < 4.78 is 1.40. The number of aromatic nitrogens is 2. The minimum absolute atomic E-state index is 0.243. The molecule has 2 rings (SSSR count). The third kappa shape index (κ3) is 1.21. The third-order valence-corrected chi connectivity index (χ3v) is 1.93. The molecule has 1 aromatic carbocycles. The first-order valence-electron chi connectivity index (χ1n) is 4.08. The predicted molar refractivity (Wildman–Crippen MR) is 51.1 cm³/mol. The van der Waals surface area contributed by atoms with Crippen LogP contribution in [0.1, 0.15) is 5.56 Å². The molecule has 14 heavy (non-hydrogen) atoms. The molecule has 2 aromatic rings. The van der Waals surface area contributed by atoms with Crippen molar-refractivity contribution < 1.29 is 0 Å². The molecule has 4 heteroatoms. The van der Waals surface area contributed by atoms with Crippen molar-refractivity contribution in [2.75, 3.05) is 0 Å². The number of imidazole rings is 1. The summed E-state index contributed by atoms with van der Waals surface area (Å²) >= 11 is 0. The van der Waals surface area contributed by atoms with Crippen molar-refractivity contribution >= 4 is 0 Å². The minimum Gasteiger partial charge on any atom is -0.312 e. The maximum absolute atomic E-state index is 11.3. The molecule has 0 atom stereocenters. The van der Waals surface area contributed by atoms with Gasteiger partial charge >= 0.3 is 5.69 Å². The van der Waals surface area contributed by atoms with Crippen LogP contribution in [0.2, 0.25) is 0 Å². The second-order valence-corrected chi connectivity index (χ2v) is 2.76. The van der Waals surface area contributed by atoms with Gasteiger partial charge in [0.25, 0.3) is 0 Å². The SMILES string of the molecule is N#Cc1ccccc1-n1cc[nH]c1=O. The molecular formula is C10H7N3O. The van der Waals surface area contributed by atoms with E-state index in [0.29, 0.717) is 11.3 Å². The van der Waals surface area contributed by atoms with Gasteiger partial charge in [0.1, 0.15) is 6.07 Å². The summed E-state index contributed by atoms with van der Waals surface area (Å²) in [4.78, 5) is 13.8. The summed E-state index contributed by atoms with van der Waals surface area (Å²) in [6.45, 7) is 0. The summed E-state index contributed by atoms with van der Waals surface area (Å²) in [6.07, 6.45) is 3.13. The van der Waals surface area contributed by atoms with Gasteiger partial charge in [0.15, 0.2) is 0 Å². The fraction of sp³-hybridized carbons (Fsp3) is 0. The van der Waals surface area contributed by atoms with Crippen LogP contribution in [-0.4, -0.2) is 9.55 Å². The maximum Gasteiger partial charge on any atom is 0.330 e. The Morgan fingerprint density at radius 3 is 2.79 bits per heavy atom. The minimum atomic E-state index is -0.243. The van der Waals surface area contributed by atoms with Gasteiger partial charge in [-0.2, -0.15) is 5.26 Å². The lowest BCUT2D eigenvalue weighted by Gasteiger charge is -2.01. The van der Waals surface area contributed by atoms with Crippen molar-refractivity contribution in [1.29, 1.82) is 5.26 Å². The van der Waals surface area contributed by atoms with E-state index in [0.717, 1.165) is 0 Å². The van der Waals surface area contributed by atoms with Gasteiger partial charge in [-0.15, -0.1) is 0 Å². The van der Waals surface area contributed by atoms with Gasteiger partial charge in [-0.25, -0.2) is 4.79 Å². The van der Waals surface area contributed by atoms with Crippen LogP contribution in [0.4, 0.5) is 0 Å². The lowest BCUT2D eigenvalue weighted by atomic mass is 10.2. The zero-order valence-corrected chi connectivity index (χ0v) is 7.27. The molecule has 1 N–H and O–H groups in total. The average Bonchev–Trinajstić information content (AvgIpc) is 2.64. The zero-order valence-electron chi connectivity index (χ0n) is 7.27. The van der Waals surface area contributed by atoms with Crippen LogP contribution in [0.15, 0.2) is 41.5 Å². The number of hydrogen-bond donors (Lipinski definition) is 1. The summed E-state index contributed by atoms with van der Waals surface area (Å²) in [7, 11) is 0. The lowest BCUT2D eigenvalue weighted by Crippen LogP contribution is -2.14. The van der Waals surface area contributed by atoms with E-state index in [1.807, 2.05) is 6.07 Å². The van der Waals surface area contributed by atoms with Crippen molar-refractivity contribution in [3.8, 4) is 11.8 Å². The molecule has 0 aliphatic heterocycles. The second-order valence-electron chi connectivity index (χ2n) is 2.76. The molecule has 0 fully saturated rings. The number of nitrogens with zero attached hydrogens (tertiary/aromatic N) is 2. The molecule has 0 bridgehead atoms. The van der Waals surface area contributed by atoms with Crippen molar-refractivity contribution in [3.05, 3.63) is 52.7 Å². The highest BCUT2D eigenvalue weighted by atomic mass is 16.1. The number of rotatable bonds is 1. The van der Waals surface area contributed by atoms with Crippen LogP contribution in [-0.2, 0) is 0 Å². The first-order valence-corrected chi connectivity index (χ1v) is 4.08. The topological polar surface area (TPSA) is 61.6 Å². The quantitative estimate of drug-likeness (QED) is 0.721. The number of para-hydroxylation sites is 1. The highest BCUT2D eigenvalue weighted by molar-refractivity contribution is 5.48. The Hall–Kier alpha value is -2.28. The second kappa shape index (κ2) is 3.23. The summed E-state index contributed by atoms with van der Waals surface area (Å²) in [5.74, 6) is 0. The summed E-state index contributed by atoms with van der Waals surface area (Å²) in [5, 5.41) is 8.83. The van der Waals surface area contributed by atoms with Crippen LogP contribution < -0.4 is 5.69 Å². The fourth-order valence-electron chi connectivity index (χ4n) is 1.29. The van der Waals surface area contributed by atoms with Gasteiger partial charge in [0, 0.05) is 12.4 Å². The predicted octanol–water partition coefficient (Wildman–Crippen LogP) is 1.04. The molecule has 1 aromatic heterocycles. The lowest BCUT2D eigenvalue weighted by molar-refractivity contribution is 0.983. The standard InChI is InChI=1S/C10H7N3O/c11-7-8-3-1-2-4-9(8)13-6-5-12-10(13)14/h1-6H,(H,12,14). The zero-order chi connectivity index (χ0) is 9.97. The van der Waals surface area contributed by atoms with Gasteiger partial charge in [-0.05, 0) is 12.1 Å². The largest absolute Gasteiger partial charge is 0.330 e. The normalized spacial score (nSPS) is 9.64. The number of nitrogens with one attached hydrogen (secondary N) is 1. The molecule has 4 nitrogen and oxygen atoms in total. The smallest absolute Gasteiger partial charge is 0.312 e.